The average molecular weight is 272 g/mol. The largest absolute Gasteiger partial charge is 0.490 e. The second kappa shape index (κ2) is 6.61. The predicted octanol–water partition coefficient (Wildman–Crippen LogP) is 1.32. The van der Waals surface area contributed by atoms with E-state index in [1.54, 1.807) is 24.3 Å². The summed E-state index contributed by atoms with van der Waals surface area (Å²) in [5.74, 6) is 0.482. The van der Waals surface area contributed by atoms with Crippen molar-refractivity contribution < 1.29 is 13.2 Å². The van der Waals surface area contributed by atoms with Gasteiger partial charge in [0.05, 0.1) is 11.4 Å². The van der Waals surface area contributed by atoms with E-state index in [1.807, 2.05) is 13.8 Å². The Kier molecular flexibility index (Phi) is 5.43. The molecule has 0 bridgehead atoms. The van der Waals surface area contributed by atoms with Crippen LogP contribution in [0.15, 0.2) is 24.3 Å². The third-order valence-corrected chi connectivity index (χ3v) is 4.60. The molecule has 1 rings (SSSR count). The lowest BCUT2D eigenvalue weighted by Gasteiger charge is -2.18. The summed E-state index contributed by atoms with van der Waals surface area (Å²) in [6.07, 6.45) is 0. The van der Waals surface area contributed by atoms with Gasteiger partial charge in [0.25, 0.3) is 0 Å². The van der Waals surface area contributed by atoms with Gasteiger partial charge in [-0.05, 0) is 12.1 Å². The van der Waals surface area contributed by atoms with Crippen LogP contribution < -0.4 is 10.5 Å². The first-order valence-corrected chi connectivity index (χ1v) is 7.57. The molecule has 102 valence electrons. The molecule has 0 spiro atoms. The van der Waals surface area contributed by atoms with Gasteiger partial charge in [-0.15, -0.1) is 0 Å². The van der Waals surface area contributed by atoms with Gasteiger partial charge < -0.3 is 10.5 Å². The summed E-state index contributed by atoms with van der Waals surface area (Å²) in [5.41, 5.74) is 6.21. The van der Waals surface area contributed by atoms with Gasteiger partial charge in [-0.1, -0.05) is 26.0 Å². The molecular weight excluding hydrogens is 252 g/mol. The predicted molar refractivity (Wildman–Crippen MR) is 73.1 cm³/mol. The first kappa shape index (κ1) is 14.8. The van der Waals surface area contributed by atoms with Gasteiger partial charge >= 0.3 is 0 Å². The molecule has 0 heterocycles. The molecule has 1 aromatic carbocycles. The summed E-state index contributed by atoms with van der Waals surface area (Å²) in [6.45, 7) is 4.69. The van der Waals surface area contributed by atoms with E-state index in [4.69, 9.17) is 10.5 Å². The number of sulfonamides is 1. The number of hydrogen-bond acceptors (Lipinski definition) is 4. The zero-order chi connectivity index (χ0) is 13.6. The van der Waals surface area contributed by atoms with Gasteiger partial charge in [-0.25, -0.2) is 12.7 Å². The number of rotatable bonds is 7. The van der Waals surface area contributed by atoms with E-state index < -0.39 is 10.0 Å². The molecule has 0 unspecified atom stereocenters. The van der Waals surface area contributed by atoms with Crippen molar-refractivity contribution in [1.29, 1.82) is 0 Å². The first-order valence-electron chi connectivity index (χ1n) is 5.96. The van der Waals surface area contributed by atoms with Crippen molar-refractivity contribution in [3.8, 4) is 5.75 Å². The number of ether oxygens (including phenoxy) is 1. The highest BCUT2D eigenvalue weighted by molar-refractivity contribution is 7.89. The zero-order valence-corrected chi connectivity index (χ0v) is 11.6. The first-order chi connectivity index (χ1) is 8.51. The molecule has 5 nitrogen and oxygen atoms in total. The van der Waals surface area contributed by atoms with Gasteiger partial charge in [0.2, 0.25) is 10.0 Å². The Balaban J connectivity index is 2.54. The zero-order valence-electron chi connectivity index (χ0n) is 10.8. The maximum absolute atomic E-state index is 11.9. The quantitative estimate of drug-likeness (QED) is 0.760. The third-order valence-electron chi connectivity index (χ3n) is 2.62. The number of benzene rings is 1. The molecule has 0 aliphatic rings. The Morgan fingerprint density at radius 2 is 1.83 bits per heavy atom. The van der Waals surface area contributed by atoms with Crippen LogP contribution in [0.25, 0.3) is 0 Å². The summed E-state index contributed by atoms with van der Waals surface area (Å²) in [5, 5.41) is 0. The topological polar surface area (TPSA) is 72.6 Å². The summed E-state index contributed by atoms with van der Waals surface area (Å²) < 4.78 is 30.6. The Morgan fingerprint density at radius 1 is 1.22 bits per heavy atom. The van der Waals surface area contributed by atoms with Crippen LogP contribution in [0.2, 0.25) is 0 Å². The lowest BCUT2D eigenvalue weighted by molar-refractivity contribution is 0.337. The lowest BCUT2D eigenvalue weighted by atomic mass is 10.3. The van der Waals surface area contributed by atoms with E-state index in [2.05, 4.69) is 0 Å². The van der Waals surface area contributed by atoms with Crippen LogP contribution in [-0.4, -0.2) is 38.2 Å². The van der Waals surface area contributed by atoms with Crippen molar-refractivity contribution in [2.45, 2.75) is 13.8 Å². The third kappa shape index (κ3) is 3.89. The van der Waals surface area contributed by atoms with Crippen molar-refractivity contribution in [2.75, 3.05) is 31.2 Å². The Hall–Kier alpha value is -1.27. The molecule has 0 atom stereocenters. The summed E-state index contributed by atoms with van der Waals surface area (Å²) in [6, 6.07) is 7.03. The Morgan fingerprint density at radius 3 is 2.39 bits per heavy atom. The van der Waals surface area contributed by atoms with Gasteiger partial charge in [0, 0.05) is 13.1 Å². The minimum atomic E-state index is -3.24. The van der Waals surface area contributed by atoms with Crippen molar-refractivity contribution in [2.24, 2.45) is 0 Å². The fourth-order valence-electron chi connectivity index (χ4n) is 1.62. The summed E-state index contributed by atoms with van der Waals surface area (Å²) in [4.78, 5) is 0. The monoisotopic (exact) mass is 272 g/mol. The van der Waals surface area contributed by atoms with E-state index in [9.17, 15) is 8.42 Å². The smallest absolute Gasteiger partial charge is 0.217 e. The fourth-order valence-corrected chi connectivity index (χ4v) is 2.95. The van der Waals surface area contributed by atoms with Gasteiger partial charge in [0.15, 0.2) is 0 Å². The number of anilines is 1. The highest BCUT2D eigenvalue weighted by Gasteiger charge is 2.18. The molecule has 1 aromatic rings. The SMILES string of the molecule is CCN(CC)S(=O)(=O)CCOc1ccccc1N. The van der Waals surface area contributed by atoms with Crippen molar-refractivity contribution >= 4 is 15.7 Å². The molecule has 0 aliphatic heterocycles. The van der Waals surface area contributed by atoms with Crippen molar-refractivity contribution in [3.63, 3.8) is 0 Å². The van der Waals surface area contributed by atoms with Gasteiger partial charge in [-0.2, -0.15) is 0 Å². The number of nitrogens with two attached hydrogens (primary N) is 1. The van der Waals surface area contributed by atoms with Crippen LogP contribution >= 0.6 is 0 Å². The van der Waals surface area contributed by atoms with Crippen LogP contribution in [0.4, 0.5) is 5.69 Å². The average Bonchev–Trinajstić information content (AvgIpc) is 2.32. The Bertz CT molecular complexity index is 470. The molecular formula is C12H20N2O3S. The minimum Gasteiger partial charge on any atom is -0.490 e. The molecule has 0 aliphatic carbocycles. The fraction of sp³-hybridized carbons (Fsp3) is 0.500. The van der Waals surface area contributed by atoms with Crippen molar-refractivity contribution in [1.82, 2.24) is 4.31 Å². The highest BCUT2D eigenvalue weighted by atomic mass is 32.2. The van der Waals surface area contributed by atoms with Crippen LogP contribution in [0.1, 0.15) is 13.8 Å². The molecule has 2 N–H and O–H groups in total. The van der Waals surface area contributed by atoms with Crippen LogP contribution in [0.5, 0.6) is 5.75 Å². The standard InChI is InChI=1S/C12H20N2O3S/c1-3-14(4-2)18(15,16)10-9-17-12-8-6-5-7-11(12)13/h5-8H,3-4,9-10,13H2,1-2H3. The molecule has 0 saturated carbocycles. The molecule has 0 saturated heterocycles. The maximum atomic E-state index is 11.9. The highest BCUT2D eigenvalue weighted by Crippen LogP contribution is 2.19. The molecule has 0 aromatic heterocycles. The maximum Gasteiger partial charge on any atom is 0.217 e. The van der Waals surface area contributed by atoms with Crippen LogP contribution in [0.3, 0.4) is 0 Å². The van der Waals surface area contributed by atoms with Gasteiger partial charge in [0.1, 0.15) is 12.4 Å². The number of para-hydroxylation sites is 2. The molecule has 0 radical (unpaired) electrons. The molecule has 0 amide bonds. The lowest BCUT2D eigenvalue weighted by Crippen LogP contribution is -2.34. The Labute approximate surface area is 109 Å². The van der Waals surface area contributed by atoms with Crippen LogP contribution in [-0.2, 0) is 10.0 Å². The molecule has 6 heteroatoms. The molecule has 0 fully saturated rings. The number of nitrogen functional groups attached to an aromatic ring is 1. The summed E-state index contributed by atoms with van der Waals surface area (Å²) in [7, 11) is -3.24. The summed E-state index contributed by atoms with van der Waals surface area (Å²) >= 11 is 0. The second-order valence-corrected chi connectivity index (χ2v) is 5.88. The van der Waals surface area contributed by atoms with E-state index in [0.29, 0.717) is 24.5 Å². The van der Waals surface area contributed by atoms with E-state index >= 15 is 0 Å². The molecule has 18 heavy (non-hydrogen) atoms. The number of nitrogens with zero attached hydrogens (tertiary/aromatic N) is 1. The van der Waals surface area contributed by atoms with Gasteiger partial charge in [-0.3, -0.25) is 0 Å². The van der Waals surface area contributed by atoms with E-state index in [1.165, 1.54) is 4.31 Å². The normalized spacial score (nSPS) is 11.7. The van der Waals surface area contributed by atoms with Crippen LogP contribution in [0, 0.1) is 0 Å². The van der Waals surface area contributed by atoms with E-state index in [-0.39, 0.29) is 12.4 Å². The second-order valence-electron chi connectivity index (χ2n) is 3.79. The van der Waals surface area contributed by atoms with Crippen molar-refractivity contribution in [3.05, 3.63) is 24.3 Å². The minimum absolute atomic E-state index is 0.0387. The number of hydrogen-bond donors (Lipinski definition) is 1. The van der Waals surface area contributed by atoms with E-state index in [0.717, 1.165) is 0 Å².